The third kappa shape index (κ3) is 4.03. The highest BCUT2D eigenvalue weighted by Crippen LogP contribution is 2.28. The van der Waals surface area contributed by atoms with Gasteiger partial charge in [-0.1, -0.05) is 39.1 Å². The van der Waals surface area contributed by atoms with Crippen molar-refractivity contribution in [1.29, 1.82) is 0 Å². The Bertz CT molecular complexity index is 569. The Labute approximate surface area is 130 Å². The van der Waals surface area contributed by atoms with Crippen LogP contribution in [0.3, 0.4) is 0 Å². The molecular formula is C14H12BrCl2NO. The van der Waals surface area contributed by atoms with E-state index in [-0.39, 0.29) is 0 Å². The molecule has 0 aliphatic carbocycles. The number of benzene rings is 2. The first kappa shape index (κ1) is 14.5. The third-order valence-corrected chi connectivity index (χ3v) is 3.50. The van der Waals surface area contributed by atoms with Crippen molar-refractivity contribution in [1.82, 2.24) is 0 Å². The monoisotopic (exact) mass is 359 g/mol. The van der Waals surface area contributed by atoms with Gasteiger partial charge in [0.25, 0.3) is 0 Å². The number of halogens is 3. The molecule has 0 bridgehead atoms. The highest BCUT2D eigenvalue weighted by atomic mass is 79.9. The molecular weight excluding hydrogens is 349 g/mol. The lowest BCUT2D eigenvalue weighted by Gasteiger charge is -2.12. The van der Waals surface area contributed by atoms with Crippen molar-refractivity contribution in [2.75, 3.05) is 12.4 Å². The largest absolute Gasteiger partial charge is 0.495 e. The Morgan fingerprint density at radius 2 is 1.79 bits per heavy atom. The van der Waals surface area contributed by atoms with Crippen molar-refractivity contribution >= 4 is 44.8 Å². The molecule has 2 nitrogen and oxygen atoms in total. The van der Waals surface area contributed by atoms with Crippen LogP contribution in [0.25, 0.3) is 0 Å². The number of rotatable bonds is 4. The minimum Gasteiger partial charge on any atom is -0.495 e. The molecule has 100 valence electrons. The van der Waals surface area contributed by atoms with E-state index in [1.165, 1.54) is 0 Å². The van der Waals surface area contributed by atoms with Gasteiger partial charge in [-0.2, -0.15) is 0 Å². The summed E-state index contributed by atoms with van der Waals surface area (Å²) in [6, 6.07) is 11.3. The minimum absolute atomic E-state index is 0.618. The summed E-state index contributed by atoms with van der Waals surface area (Å²) in [6.45, 7) is 0.618. The first-order valence-corrected chi connectivity index (χ1v) is 7.16. The van der Waals surface area contributed by atoms with Gasteiger partial charge in [0.05, 0.1) is 12.8 Å². The molecule has 2 aromatic rings. The van der Waals surface area contributed by atoms with Crippen molar-refractivity contribution in [2.45, 2.75) is 6.54 Å². The normalized spacial score (nSPS) is 10.3. The van der Waals surface area contributed by atoms with E-state index in [9.17, 15) is 0 Å². The predicted molar refractivity (Wildman–Crippen MR) is 84.5 cm³/mol. The Morgan fingerprint density at radius 3 is 2.42 bits per heavy atom. The van der Waals surface area contributed by atoms with E-state index in [2.05, 4.69) is 21.2 Å². The number of anilines is 1. The average Bonchev–Trinajstić information content (AvgIpc) is 2.35. The molecule has 0 aliphatic rings. The lowest BCUT2D eigenvalue weighted by molar-refractivity contribution is 0.416. The molecule has 0 aromatic heterocycles. The summed E-state index contributed by atoms with van der Waals surface area (Å²) in [6.07, 6.45) is 0. The minimum atomic E-state index is 0.618. The van der Waals surface area contributed by atoms with Crippen LogP contribution >= 0.6 is 39.1 Å². The van der Waals surface area contributed by atoms with Gasteiger partial charge < -0.3 is 10.1 Å². The molecule has 0 aliphatic heterocycles. The molecule has 0 amide bonds. The maximum absolute atomic E-state index is 5.97. The average molecular weight is 361 g/mol. The summed E-state index contributed by atoms with van der Waals surface area (Å²) in [5, 5.41) is 4.56. The highest BCUT2D eigenvalue weighted by molar-refractivity contribution is 9.10. The van der Waals surface area contributed by atoms with Crippen LogP contribution < -0.4 is 10.1 Å². The second-order valence-corrected chi connectivity index (χ2v) is 5.76. The number of nitrogens with one attached hydrogen (secondary N) is 1. The molecule has 5 heteroatoms. The van der Waals surface area contributed by atoms with Crippen molar-refractivity contribution in [3.63, 3.8) is 0 Å². The van der Waals surface area contributed by atoms with Crippen LogP contribution in [0.2, 0.25) is 10.0 Å². The van der Waals surface area contributed by atoms with E-state index < -0.39 is 0 Å². The van der Waals surface area contributed by atoms with E-state index in [0.717, 1.165) is 21.5 Å². The molecule has 0 spiro atoms. The standard InChI is InChI=1S/C14H12BrCl2NO/c1-19-14-3-2-10(15)6-13(14)18-8-9-4-11(16)7-12(17)5-9/h2-7,18H,8H2,1H3. The molecule has 19 heavy (non-hydrogen) atoms. The molecule has 0 fully saturated rings. The van der Waals surface area contributed by atoms with Crippen LogP contribution in [0.5, 0.6) is 5.75 Å². The summed E-state index contributed by atoms with van der Waals surface area (Å²) < 4.78 is 6.29. The van der Waals surface area contributed by atoms with Crippen LogP contribution in [-0.4, -0.2) is 7.11 Å². The van der Waals surface area contributed by atoms with E-state index in [1.54, 1.807) is 13.2 Å². The van der Waals surface area contributed by atoms with Crippen molar-refractivity contribution in [3.05, 3.63) is 56.5 Å². The number of ether oxygens (including phenoxy) is 1. The first-order chi connectivity index (χ1) is 9.08. The van der Waals surface area contributed by atoms with E-state index in [4.69, 9.17) is 27.9 Å². The fraction of sp³-hybridized carbons (Fsp3) is 0.143. The SMILES string of the molecule is COc1ccc(Br)cc1NCc1cc(Cl)cc(Cl)c1. The van der Waals surface area contributed by atoms with Crippen LogP contribution in [0.15, 0.2) is 40.9 Å². The van der Waals surface area contributed by atoms with Gasteiger partial charge in [-0.3, -0.25) is 0 Å². The molecule has 0 saturated carbocycles. The fourth-order valence-corrected chi connectivity index (χ4v) is 2.66. The summed E-state index contributed by atoms with van der Waals surface area (Å²) in [5.74, 6) is 0.788. The quantitative estimate of drug-likeness (QED) is 0.790. The zero-order valence-electron chi connectivity index (χ0n) is 10.2. The van der Waals surface area contributed by atoms with Gasteiger partial charge in [-0.25, -0.2) is 0 Å². The molecule has 0 atom stereocenters. The molecule has 2 rings (SSSR count). The number of methoxy groups -OCH3 is 1. The molecule has 0 heterocycles. The van der Waals surface area contributed by atoms with Gasteiger partial charge >= 0.3 is 0 Å². The van der Waals surface area contributed by atoms with Crippen LogP contribution in [0, 0.1) is 0 Å². The molecule has 0 unspecified atom stereocenters. The lowest BCUT2D eigenvalue weighted by Crippen LogP contribution is -2.01. The van der Waals surface area contributed by atoms with Crippen LogP contribution in [0.4, 0.5) is 5.69 Å². The predicted octanol–water partition coefficient (Wildman–Crippen LogP) is 5.38. The third-order valence-electron chi connectivity index (χ3n) is 2.57. The van der Waals surface area contributed by atoms with Gasteiger partial charge in [-0.15, -0.1) is 0 Å². The summed E-state index contributed by atoms with van der Waals surface area (Å²) in [7, 11) is 1.64. The Kier molecular flexibility index (Phi) is 4.97. The maximum atomic E-state index is 5.97. The van der Waals surface area contributed by atoms with E-state index in [1.807, 2.05) is 30.3 Å². The van der Waals surface area contributed by atoms with Crippen molar-refractivity contribution in [3.8, 4) is 5.75 Å². The summed E-state index contributed by atoms with van der Waals surface area (Å²) >= 11 is 15.4. The van der Waals surface area contributed by atoms with Crippen LogP contribution in [0.1, 0.15) is 5.56 Å². The molecule has 1 N–H and O–H groups in total. The number of hydrogen-bond acceptors (Lipinski definition) is 2. The number of hydrogen-bond donors (Lipinski definition) is 1. The maximum Gasteiger partial charge on any atom is 0.142 e. The zero-order valence-corrected chi connectivity index (χ0v) is 13.3. The molecule has 0 radical (unpaired) electrons. The topological polar surface area (TPSA) is 21.3 Å². The lowest BCUT2D eigenvalue weighted by atomic mass is 10.2. The Morgan fingerprint density at radius 1 is 1.11 bits per heavy atom. The molecule has 0 saturated heterocycles. The van der Waals surface area contributed by atoms with Gasteiger partial charge in [0, 0.05) is 21.1 Å². The van der Waals surface area contributed by atoms with Gasteiger partial charge in [0.15, 0.2) is 0 Å². The van der Waals surface area contributed by atoms with Gasteiger partial charge in [0.1, 0.15) is 5.75 Å². The van der Waals surface area contributed by atoms with Crippen molar-refractivity contribution in [2.24, 2.45) is 0 Å². The Hall–Kier alpha value is -0.900. The van der Waals surface area contributed by atoms with E-state index >= 15 is 0 Å². The zero-order chi connectivity index (χ0) is 13.8. The van der Waals surface area contributed by atoms with E-state index in [0.29, 0.717) is 16.6 Å². The van der Waals surface area contributed by atoms with Crippen LogP contribution in [-0.2, 0) is 6.54 Å². The second kappa shape index (κ2) is 6.51. The molecule has 2 aromatic carbocycles. The first-order valence-electron chi connectivity index (χ1n) is 5.61. The second-order valence-electron chi connectivity index (χ2n) is 3.98. The fourth-order valence-electron chi connectivity index (χ4n) is 1.73. The highest BCUT2D eigenvalue weighted by Gasteiger charge is 2.04. The summed E-state index contributed by atoms with van der Waals surface area (Å²) in [5.41, 5.74) is 1.92. The van der Waals surface area contributed by atoms with Gasteiger partial charge in [-0.05, 0) is 42.0 Å². The van der Waals surface area contributed by atoms with Gasteiger partial charge in [0.2, 0.25) is 0 Å². The smallest absolute Gasteiger partial charge is 0.142 e. The Balaban J connectivity index is 2.16. The van der Waals surface area contributed by atoms with Crippen molar-refractivity contribution < 1.29 is 4.74 Å². The summed E-state index contributed by atoms with van der Waals surface area (Å²) in [4.78, 5) is 0.